The largest absolute Gasteiger partial charge is 0.271 e. The number of hydrogen-bond donors (Lipinski definition) is 2. The van der Waals surface area contributed by atoms with E-state index in [2.05, 4.69) is 26.3 Å². The Labute approximate surface area is 113 Å². The molecule has 0 radical (unpaired) electrons. The predicted molar refractivity (Wildman–Crippen MR) is 72.1 cm³/mol. The quantitative estimate of drug-likeness (QED) is 0.674. The Morgan fingerprint density at radius 2 is 2.17 bits per heavy atom. The van der Waals surface area contributed by atoms with Crippen LogP contribution in [0.4, 0.5) is 4.39 Å². The molecule has 1 aromatic heterocycles. The zero-order valence-electron chi connectivity index (χ0n) is 9.61. The van der Waals surface area contributed by atoms with E-state index in [1.807, 2.05) is 18.2 Å². The summed E-state index contributed by atoms with van der Waals surface area (Å²) in [5.41, 5.74) is 4.39. The Morgan fingerprint density at radius 3 is 2.83 bits per heavy atom. The molecule has 0 aliphatic heterocycles. The lowest BCUT2D eigenvalue weighted by Gasteiger charge is -2.16. The monoisotopic (exact) mass is 309 g/mol. The van der Waals surface area contributed by atoms with E-state index < -0.39 is 0 Å². The van der Waals surface area contributed by atoms with Crippen LogP contribution in [0.25, 0.3) is 0 Å². The first-order valence-electron chi connectivity index (χ1n) is 5.51. The second-order valence-electron chi connectivity index (χ2n) is 3.91. The SMILES string of the molecule is NNC(Cc1cc(F)ccc1Br)c1ccccn1. The van der Waals surface area contributed by atoms with Crippen LogP contribution in [-0.2, 0) is 6.42 Å². The number of hydrogen-bond acceptors (Lipinski definition) is 3. The van der Waals surface area contributed by atoms with E-state index in [0.717, 1.165) is 15.7 Å². The van der Waals surface area contributed by atoms with Crippen LogP contribution in [-0.4, -0.2) is 4.98 Å². The molecule has 1 atom stereocenters. The van der Waals surface area contributed by atoms with Gasteiger partial charge in [-0.25, -0.2) is 4.39 Å². The van der Waals surface area contributed by atoms with Crippen molar-refractivity contribution in [2.75, 3.05) is 0 Å². The van der Waals surface area contributed by atoms with Crippen LogP contribution in [0.2, 0.25) is 0 Å². The van der Waals surface area contributed by atoms with Crippen molar-refractivity contribution in [3.63, 3.8) is 0 Å². The molecular formula is C13H13BrFN3. The Balaban J connectivity index is 2.23. The van der Waals surface area contributed by atoms with E-state index in [1.54, 1.807) is 12.3 Å². The molecule has 18 heavy (non-hydrogen) atoms. The molecule has 2 rings (SSSR count). The summed E-state index contributed by atoms with van der Waals surface area (Å²) in [6.07, 6.45) is 2.27. The molecular weight excluding hydrogens is 297 g/mol. The third-order valence-corrected chi connectivity index (χ3v) is 3.45. The van der Waals surface area contributed by atoms with E-state index in [4.69, 9.17) is 5.84 Å². The van der Waals surface area contributed by atoms with Gasteiger partial charge in [-0.3, -0.25) is 16.3 Å². The van der Waals surface area contributed by atoms with Crippen LogP contribution >= 0.6 is 15.9 Å². The predicted octanol–water partition coefficient (Wildman–Crippen LogP) is 2.73. The average Bonchev–Trinajstić information content (AvgIpc) is 2.41. The average molecular weight is 310 g/mol. The van der Waals surface area contributed by atoms with Crippen molar-refractivity contribution in [2.45, 2.75) is 12.5 Å². The van der Waals surface area contributed by atoms with E-state index in [9.17, 15) is 4.39 Å². The fraction of sp³-hybridized carbons (Fsp3) is 0.154. The normalized spacial score (nSPS) is 12.4. The van der Waals surface area contributed by atoms with Gasteiger partial charge in [0.2, 0.25) is 0 Å². The minimum absolute atomic E-state index is 0.149. The maximum Gasteiger partial charge on any atom is 0.123 e. The highest BCUT2D eigenvalue weighted by atomic mass is 79.9. The smallest absolute Gasteiger partial charge is 0.123 e. The number of nitrogens with one attached hydrogen (secondary N) is 1. The number of benzene rings is 1. The number of rotatable bonds is 4. The fourth-order valence-corrected chi connectivity index (χ4v) is 2.16. The van der Waals surface area contributed by atoms with Crippen molar-refractivity contribution >= 4 is 15.9 Å². The van der Waals surface area contributed by atoms with Crippen molar-refractivity contribution in [1.29, 1.82) is 0 Å². The van der Waals surface area contributed by atoms with Gasteiger partial charge in [0.1, 0.15) is 5.82 Å². The van der Waals surface area contributed by atoms with Gasteiger partial charge in [0, 0.05) is 10.7 Å². The summed E-state index contributed by atoms with van der Waals surface area (Å²) in [6, 6.07) is 10.1. The molecule has 2 aromatic rings. The maximum atomic E-state index is 13.2. The van der Waals surface area contributed by atoms with Gasteiger partial charge in [0.15, 0.2) is 0 Å². The second-order valence-corrected chi connectivity index (χ2v) is 4.77. The van der Waals surface area contributed by atoms with Crippen LogP contribution < -0.4 is 11.3 Å². The summed E-state index contributed by atoms with van der Waals surface area (Å²) < 4.78 is 14.1. The van der Waals surface area contributed by atoms with Crippen LogP contribution in [0.1, 0.15) is 17.3 Å². The first-order valence-corrected chi connectivity index (χ1v) is 6.31. The van der Waals surface area contributed by atoms with Crippen LogP contribution in [0.5, 0.6) is 0 Å². The van der Waals surface area contributed by atoms with Crippen molar-refractivity contribution in [3.05, 3.63) is 64.1 Å². The number of pyridine rings is 1. The van der Waals surface area contributed by atoms with Gasteiger partial charge in [-0.1, -0.05) is 22.0 Å². The number of nitrogens with two attached hydrogens (primary N) is 1. The van der Waals surface area contributed by atoms with Crippen molar-refractivity contribution in [2.24, 2.45) is 5.84 Å². The van der Waals surface area contributed by atoms with Crippen LogP contribution in [0.15, 0.2) is 47.1 Å². The molecule has 0 spiro atoms. The summed E-state index contributed by atoms with van der Waals surface area (Å²) >= 11 is 3.41. The van der Waals surface area contributed by atoms with Gasteiger partial charge in [0.25, 0.3) is 0 Å². The highest BCUT2D eigenvalue weighted by Crippen LogP contribution is 2.23. The number of hydrazine groups is 1. The van der Waals surface area contributed by atoms with Gasteiger partial charge < -0.3 is 0 Å². The van der Waals surface area contributed by atoms with Gasteiger partial charge in [-0.2, -0.15) is 0 Å². The van der Waals surface area contributed by atoms with Crippen molar-refractivity contribution < 1.29 is 4.39 Å². The van der Waals surface area contributed by atoms with Gasteiger partial charge >= 0.3 is 0 Å². The minimum atomic E-state index is -0.259. The molecule has 1 aromatic carbocycles. The molecule has 0 saturated heterocycles. The van der Waals surface area contributed by atoms with Gasteiger partial charge in [-0.05, 0) is 42.3 Å². The first kappa shape index (κ1) is 13.1. The molecule has 0 saturated carbocycles. The first-order chi connectivity index (χ1) is 8.70. The second kappa shape index (κ2) is 6.04. The lowest BCUT2D eigenvalue weighted by molar-refractivity contribution is 0.535. The van der Waals surface area contributed by atoms with Gasteiger partial charge in [0.05, 0.1) is 11.7 Å². The highest BCUT2D eigenvalue weighted by molar-refractivity contribution is 9.10. The molecule has 0 bridgehead atoms. The topological polar surface area (TPSA) is 50.9 Å². The zero-order valence-corrected chi connectivity index (χ0v) is 11.2. The van der Waals surface area contributed by atoms with Crippen LogP contribution in [0.3, 0.4) is 0 Å². The molecule has 0 amide bonds. The standard InChI is InChI=1S/C13H13BrFN3/c14-11-5-4-10(15)7-9(11)8-13(18-16)12-3-1-2-6-17-12/h1-7,13,18H,8,16H2. The molecule has 0 aliphatic rings. The number of halogens is 2. The third-order valence-electron chi connectivity index (χ3n) is 2.68. The number of nitrogens with zero attached hydrogens (tertiary/aromatic N) is 1. The minimum Gasteiger partial charge on any atom is -0.271 e. The summed E-state index contributed by atoms with van der Waals surface area (Å²) in [5, 5.41) is 0. The molecule has 3 N–H and O–H groups in total. The van der Waals surface area contributed by atoms with Gasteiger partial charge in [-0.15, -0.1) is 0 Å². The maximum absolute atomic E-state index is 13.2. The zero-order chi connectivity index (χ0) is 13.0. The molecule has 3 nitrogen and oxygen atoms in total. The molecule has 1 unspecified atom stereocenters. The summed E-state index contributed by atoms with van der Waals surface area (Å²) in [4.78, 5) is 4.25. The summed E-state index contributed by atoms with van der Waals surface area (Å²) in [7, 11) is 0. The molecule has 94 valence electrons. The summed E-state index contributed by atoms with van der Waals surface area (Å²) in [6.45, 7) is 0. The molecule has 0 fully saturated rings. The summed E-state index contributed by atoms with van der Waals surface area (Å²) in [5.74, 6) is 5.28. The lowest BCUT2D eigenvalue weighted by atomic mass is 10.0. The van der Waals surface area contributed by atoms with E-state index >= 15 is 0 Å². The Morgan fingerprint density at radius 1 is 1.33 bits per heavy atom. The molecule has 1 heterocycles. The molecule has 5 heteroatoms. The Kier molecular flexibility index (Phi) is 4.41. The highest BCUT2D eigenvalue weighted by Gasteiger charge is 2.13. The third kappa shape index (κ3) is 3.13. The molecule has 0 aliphatic carbocycles. The van der Waals surface area contributed by atoms with E-state index in [-0.39, 0.29) is 11.9 Å². The van der Waals surface area contributed by atoms with E-state index in [1.165, 1.54) is 12.1 Å². The number of aromatic nitrogens is 1. The van der Waals surface area contributed by atoms with E-state index in [0.29, 0.717) is 6.42 Å². The Hall–Kier alpha value is -1.30. The van der Waals surface area contributed by atoms with Crippen LogP contribution in [0, 0.1) is 5.82 Å². The lowest BCUT2D eigenvalue weighted by Crippen LogP contribution is -2.30. The van der Waals surface area contributed by atoms with Crippen molar-refractivity contribution in [1.82, 2.24) is 10.4 Å². The van der Waals surface area contributed by atoms with Crippen molar-refractivity contribution in [3.8, 4) is 0 Å². The fourth-order valence-electron chi connectivity index (χ4n) is 1.75. The Bertz CT molecular complexity index is 519.